The number of aromatic nitrogens is 2. The summed E-state index contributed by atoms with van der Waals surface area (Å²) in [5, 5.41) is 4.03. The Morgan fingerprint density at radius 2 is 1.84 bits per heavy atom. The van der Waals surface area contributed by atoms with E-state index in [4.69, 9.17) is 9.26 Å². The van der Waals surface area contributed by atoms with Crippen LogP contribution in [0, 0.1) is 6.92 Å². The summed E-state index contributed by atoms with van der Waals surface area (Å²) in [4.78, 5) is 4.44. The first-order valence-electron chi connectivity index (χ1n) is 8.45. The van der Waals surface area contributed by atoms with E-state index in [0.717, 1.165) is 25.7 Å². The van der Waals surface area contributed by atoms with Gasteiger partial charge in [0, 0.05) is 6.92 Å². The van der Waals surface area contributed by atoms with Gasteiger partial charge in [0.1, 0.15) is 10.6 Å². The zero-order valence-corrected chi connectivity index (χ0v) is 15.3. The summed E-state index contributed by atoms with van der Waals surface area (Å²) >= 11 is 0. The van der Waals surface area contributed by atoms with Gasteiger partial charge in [0.2, 0.25) is 15.9 Å². The van der Waals surface area contributed by atoms with Crippen molar-refractivity contribution >= 4 is 10.0 Å². The molecule has 1 heterocycles. The number of methoxy groups -OCH3 is 1. The van der Waals surface area contributed by atoms with Gasteiger partial charge in [-0.3, -0.25) is 0 Å². The smallest absolute Gasteiger partial charge is 0.245 e. The van der Waals surface area contributed by atoms with Crippen LogP contribution in [0.5, 0.6) is 5.75 Å². The fourth-order valence-corrected chi connectivity index (χ4v) is 4.94. The first-order valence-corrected chi connectivity index (χ1v) is 9.93. The van der Waals surface area contributed by atoms with Crippen LogP contribution in [0.4, 0.5) is 0 Å². The van der Waals surface area contributed by atoms with Crippen LogP contribution in [-0.4, -0.2) is 25.7 Å². The number of rotatable bonds is 5. The van der Waals surface area contributed by atoms with Crippen LogP contribution < -0.4 is 9.46 Å². The van der Waals surface area contributed by atoms with E-state index in [0.29, 0.717) is 30.3 Å². The Hall–Kier alpha value is -1.93. The van der Waals surface area contributed by atoms with Gasteiger partial charge in [-0.1, -0.05) is 43.0 Å². The first kappa shape index (κ1) is 17.9. The normalized spacial score (nSPS) is 17.8. The largest absolute Gasteiger partial charge is 0.495 e. The van der Waals surface area contributed by atoms with Crippen LogP contribution in [-0.2, 0) is 15.6 Å². The minimum atomic E-state index is -3.81. The molecule has 2 aromatic rings. The third-order valence-electron chi connectivity index (χ3n) is 4.60. The number of sulfonamides is 1. The fourth-order valence-electron chi connectivity index (χ4n) is 3.35. The second-order valence-electron chi connectivity index (χ2n) is 6.39. The van der Waals surface area contributed by atoms with Crippen molar-refractivity contribution in [1.82, 2.24) is 14.9 Å². The van der Waals surface area contributed by atoms with Crippen LogP contribution in [0.15, 0.2) is 33.7 Å². The van der Waals surface area contributed by atoms with E-state index in [-0.39, 0.29) is 4.90 Å². The summed E-state index contributed by atoms with van der Waals surface area (Å²) in [7, 11) is -2.36. The highest BCUT2D eigenvalue weighted by Crippen LogP contribution is 2.37. The second kappa shape index (κ2) is 7.13. The van der Waals surface area contributed by atoms with Crippen LogP contribution in [0.3, 0.4) is 0 Å². The Balaban J connectivity index is 2.02. The maximum Gasteiger partial charge on any atom is 0.245 e. The number of hydrogen-bond acceptors (Lipinski definition) is 6. The fraction of sp³-hybridized carbons (Fsp3) is 0.529. The molecule has 1 aromatic carbocycles. The van der Waals surface area contributed by atoms with Gasteiger partial charge < -0.3 is 9.26 Å². The number of nitrogens with one attached hydrogen (secondary N) is 1. The van der Waals surface area contributed by atoms with Gasteiger partial charge in [-0.05, 0) is 25.0 Å². The van der Waals surface area contributed by atoms with E-state index in [1.165, 1.54) is 13.2 Å². The Labute approximate surface area is 147 Å². The van der Waals surface area contributed by atoms with Crippen molar-refractivity contribution in [3.05, 3.63) is 36.0 Å². The minimum Gasteiger partial charge on any atom is -0.495 e. The average molecular weight is 365 g/mol. The third-order valence-corrected chi connectivity index (χ3v) is 6.18. The third kappa shape index (κ3) is 3.69. The molecular weight excluding hydrogens is 342 g/mol. The lowest BCUT2D eigenvalue weighted by molar-refractivity contribution is 0.301. The molecule has 0 amide bonds. The maximum absolute atomic E-state index is 13.1. The molecule has 0 aliphatic heterocycles. The van der Waals surface area contributed by atoms with Crippen molar-refractivity contribution in [2.45, 2.75) is 55.9 Å². The number of hydrogen-bond donors (Lipinski definition) is 1. The summed E-state index contributed by atoms with van der Waals surface area (Å²) < 4.78 is 39.4. The van der Waals surface area contributed by atoms with Crippen molar-refractivity contribution in [2.24, 2.45) is 0 Å². The van der Waals surface area contributed by atoms with Crippen LogP contribution in [0.2, 0.25) is 0 Å². The zero-order valence-electron chi connectivity index (χ0n) is 14.5. The van der Waals surface area contributed by atoms with E-state index in [9.17, 15) is 8.42 Å². The number of aryl methyl sites for hydroxylation is 1. The van der Waals surface area contributed by atoms with Crippen LogP contribution in [0.25, 0.3) is 0 Å². The van der Waals surface area contributed by atoms with E-state index < -0.39 is 15.6 Å². The minimum absolute atomic E-state index is 0.112. The van der Waals surface area contributed by atoms with Gasteiger partial charge in [-0.2, -0.15) is 9.71 Å². The zero-order chi connectivity index (χ0) is 17.9. The van der Waals surface area contributed by atoms with Crippen LogP contribution >= 0.6 is 0 Å². The van der Waals surface area contributed by atoms with E-state index >= 15 is 0 Å². The SMILES string of the molecule is COc1ccccc1S(=O)(=O)NC1(c2noc(C)n2)CCCCCC1. The predicted octanol–water partition coefficient (Wildman–Crippen LogP) is 2.91. The molecule has 1 saturated carbocycles. The molecule has 25 heavy (non-hydrogen) atoms. The summed E-state index contributed by atoms with van der Waals surface area (Å²) in [5.74, 6) is 1.14. The molecule has 0 radical (unpaired) electrons. The maximum atomic E-state index is 13.1. The first-order chi connectivity index (χ1) is 12.0. The van der Waals surface area contributed by atoms with E-state index in [1.54, 1.807) is 25.1 Å². The summed E-state index contributed by atoms with van der Waals surface area (Å²) in [6.07, 6.45) is 5.22. The van der Waals surface area contributed by atoms with Crippen molar-refractivity contribution in [3.8, 4) is 5.75 Å². The number of ether oxygens (including phenoxy) is 1. The van der Waals surface area contributed by atoms with Gasteiger partial charge in [-0.15, -0.1) is 0 Å². The Morgan fingerprint density at radius 3 is 2.44 bits per heavy atom. The molecule has 1 fully saturated rings. The number of benzene rings is 1. The van der Waals surface area contributed by atoms with Gasteiger partial charge in [0.15, 0.2) is 5.82 Å². The summed E-state index contributed by atoms with van der Waals surface area (Å²) in [6.45, 7) is 1.70. The molecule has 0 atom stereocenters. The highest BCUT2D eigenvalue weighted by Gasteiger charge is 2.41. The second-order valence-corrected chi connectivity index (χ2v) is 8.04. The van der Waals surface area contributed by atoms with E-state index in [1.807, 2.05) is 0 Å². The van der Waals surface area contributed by atoms with Gasteiger partial charge in [-0.25, -0.2) is 8.42 Å². The molecular formula is C17H23N3O4S. The Kier molecular flexibility index (Phi) is 5.10. The molecule has 1 aliphatic carbocycles. The molecule has 0 unspecified atom stereocenters. The monoisotopic (exact) mass is 365 g/mol. The summed E-state index contributed by atoms with van der Waals surface area (Å²) in [6, 6.07) is 6.58. The van der Waals surface area contributed by atoms with Crippen LogP contribution in [0.1, 0.15) is 50.2 Å². The average Bonchev–Trinajstić information content (AvgIpc) is 2.91. The number of nitrogens with zero attached hydrogens (tertiary/aromatic N) is 2. The number of para-hydroxylation sites is 1. The molecule has 8 heteroatoms. The lowest BCUT2D eigenvalue weighted by Crippen LogP contribution is -2.46. The topological polar surface area (TPSA) is 94.3 Å². The van der Waals surface area contributed by atoms with Crippen molar-refractivity contribution in [2.75, 3.05) is 7.11 Å². The summed E-state index contributed by atoms with van der Waals surface area (Å²) in [5.41, 5.74) is -0.853. The van der Waals surface area contributed by atoms with Crippen molar-refractivity contribution < 1.29 is 17.7 Å². The molecule has 3 rings (SSSR count). The van der Waals surface area contributed by atoms with Gasteiger partial charge >= 0.3 is 0 Å². The van der Waals surface area contributed by atoms with Gasteiger partial charge in [0.25, 0.3) is 0 Å². The Morgan fingerprint density at radius 1 is 1.16 bits per heavy atom. The predicted molar refractivity (Wildman–Crippen MR) is 91.7 cm³/mol. The molecule has 7 nitrogen and oxygen atoms in total. The quantitative estimate of drug-likeness (QED) is 0.819. The molecule has 1 aliphatic rings. The van der Waals surface area contributed by atoms with Crippen molar-refractivity contribution in [1.29, 1.82) is 0 Å². The highest BCUT2D eigenvalue weighted by molar-refractivity contribution is 7.89. The van der Waals surface area contributed by atoms with Gasteiger partial charge in [0.05, 0.1) is 12.6 Å². The molecule has 0 bridgehead atoms. The highest BCUT2D eigenvalue weighted by atomic mass is 32.2. The standard InChI is InChI=1S/C17H23N3O4S/c1-13-18-16(19-24-13)17(11-7-3-4-8-12-17)20-25(21,22)15-10-6-5-9-14(15)23-2/h5-6,9-10,20H,3-4,7-8,11-12H2,1-2H3. The molecule has 136 valence electrons. The van der Waals surface area contributed by atoms with E-state index in [2.05, 4.69) is 14.9 Å². The molecule has 1 aromatic heterocycles. The Bertz CT molecular complexity index is 824. The lowest BCUT2D eigenvalue weighted by atomic mass is 9.91. The molecule has 1 N–H and O–H groups in total. The molecule has 0 spiro atoms. The lowest BCUT2D eigenvalue weighted by Gasteiger charge is -2.30. The van der Waals surface area contributed by atoms with Crippen molar-refractivity contribution in [3.63, 3.8) is 0 Å². The molecule has 0 saturated heterocycles.